The molecule has 0 aliphatic heterocycles. The smallest absolute Gasteiger partial charge is 0.323 e. The molecule has 17 heavy (non-hydrogen) atoms. The molecular formula is C12H15ClN2O2. The van der Waals surface area contributed by atoms with Crippen LogP contribution in [-0.4, -0.2) is 15.1 Å². The molecular weight excluding hydrogens is 240 g/mol. The van der Waals surface area contributed by atoms with Crippen LogP contribution in [0.1, 0.15) is 32.4 Å². The summed E-state index contributed by atoms with van der Waals surface area (Å²) in [6.45, 7) is 5.79. The third-order valence-electron chi connectivity index (χ3n) is 2.75. The van der Waals surface area contributed by atoms with E-state index < -0.39 is 6.10 Å². The van der Waals surface area contributed by atoms with Crippen molar-refractivity contribution in [2.45, 2.75) is 26.9 Å². The number of rotatable bonds is 1. The summed E-state index contributed by atoms with van der Waals surface area (Å²) >= 11 is 6.12. The molecule has 0 aliphatic rings. The first-order valence-electron chi connectivity index (χ1n) is 5.38. The van der Waals surface area contributed by atoms with E-state index in [0.717, 1.165) is 0 Å². The molecule has 5 heteroatoms. The highest BCUT2D eigenvalue weighted by Crippen LogP contribution is 2.37. The number of aromatic amines is 2. The van der Waals surface area contributed by atoms with E-state index in [2.05, 4.69) is 9.97 Å². The van der Waals surface area contributed by atoms with Crippen molar-refractivity contribution in [2.75, 3.05) is 0 Å². The van der Waals surface area contributed by atoms with Crippen LogP contribution in [0.3, 0.4) is 0 Å². The van der Waals surface area contributed by atoms with Gasteiger partial charge in [0.25, 0.3) is 0 Å². The van der Waals surface area contributed by atoms with Gasteiger partial charge < -0.3 is 15.1 Å². The van der Waals surface area contributed by atoms with Gasteiger partial charge in [0.15, 0.2) is 0 Å². The quantitative estimate of drug-likeness (QED) is 0.732. The summed E-state index contributed by atoms with van der Waals surface area (Å²) < 4.78 is 0. The minimum absolute atomic E-state index is 0.279. The summed E-state index contributed by atoms with van der Waals surface area (Å²) in [5, 5.41) is 10.7. The van der Waals surface area contributed by atoms with Crippen LogP contribution >= 0.6 is 11.6 Å². The van der Waals surface area contributed by atoms with Gasteiger partial charge in [-0.15, -0.1) is 0 Å². The van der Waals surface area contributed by atoms with Gasteiger partial charge in [-0.1, -0.05) is 32.4 Å². The van der Waals surface area contributed by atoms with Crippen molar-refractivity contribution < 1.29 is 5.11 Å². The number of aliphatic hydroxyl groups excluding tert-OH is 1. The highest BCUT2D eigenvalue weighted by atomic mass is 35.5. The van der Waals surface area contributed by atoms with Gasteiger partial charge in [-0.3, -0.25) is 0 Å². The van der Waals surface area contributed by atoms with Crippen LogP contribution in [0.4, 0.5) is 0 Å². The van der Waals surface area contributed by atoms with Crippen LogP contribution < -0.4 is 5.69 Å². The SMILES string of the molecule is CC(C)(C)C(O)c1cc2[nH]c(=O)[nH]c2cc1Cl. The Kier molecular flexibility index (Phi) is 2.79. The van der Waals surface area contributed by atoms with E-state index in [4.69, 9.17) is 11.6 Å². The van der Waals surface area contributed by atoms with E-state index in [-0.39, 0.29) is 11.1 Å². The van der Waals surface area contributed by atoms with E-state index in [1.54, 1.807) is 12.1 Å². The Labute approximate surface area is 104 Å². The number of aromatic nitrogens is 2. The summed E-state index contributed by atoms with van der Waals surface area (Å²) in [6, 6.07) is 3.37. The topological polar surface area (TPSA) is 68.9 Å². The molecule has 2 rings (SSSR count). The van der Waals surface area contributed by atoms with E-state index in [0.29, 0.717) is 21.6 Å². The van der Waals surface area contributed by atoms with E-state index >= 15 is 0 Å². The van der Waals surface area contributed by atoms with Crippen LogP contribution in [-0.2, 0) is 0 Å². The van der Waals surface area contributed by atoms with Gasteiger partial charge in [0, 0.05) is 10.6 Å². The van der Waals surface area contributed by atoms with Gasteiger partial charge in [-0.25, -0.2) is 4.79 Å². The van der Waals surface area contributed by atoms with E-state index in [9.17, 15) is 9.90 Å². The first-order valence-corrected chi connectivity index (χ1v) is 5.76. The van der Waals surface area contributed by atoms with Crippen LogP contribution in [0.25, 0.3) is 11.0 Å². The van der Waals surface area contributed by atoms with Crippen LogP contribution in [0.5, 0.6) is 0 Å². The number of nitrogens with one attached hydrogen (secondary N) is 2. The largest absolute Gasteiger partial charge is 0.388 e. The average Bonchev–Trinajstić information content (AvgIpc) is 2.53. The molecule has 0 spiro atoms. The molecule has 4 nitrogen and oxygen atoms in total. The molecule has 0 saturated carbocycles. The maximum atomic E-state index is 11.2. The fraction of sp³-hybridized carbons (Fsp3) is 0.417. The molecule has 0 aliphatic carbocycles. The van der Waals surface area contributed by atoms with E-state index in [1.807, 2.05) is 20.8 Å². The van der Waals surface area contributed by atoms with Crippen molar-refractivity contribution in [3.05, 3.63) is 33.2 Å². The van der Waals surface area contributed by atoms with Gasteiger partial charge in [-0.05, 0) is 17.5 Å². The first-order chi connectivity index (χ1) is 7.79. The second-order valence-corrected chi connectivity index (χ2v) is 5.67. The lowest BCUT2D eigenvalue weighted by molar-refractivity contribution is 0.0628. The highest BCUT2D eigenvalue weighted by Gasteiger charge is 2.26. The molecule has 1 unspecified atom stereocenters. The molecule has 1 aromatic heterocycles. The number of imidazole rings is 1. The van der Waals surface area contributed by atoms with Crippen LogP contribution in [0.2, 0.25) is 5.02 Å². The van der Waals surface area contributed by atoms with Crippen LogP contribution in [0.15, 0.2) is 16.9 Å². The second kappa shape index (κ2) is 3.89. The fourth-order valence-electron chi connectivity index (χ4n) is 1.75. The van der Waals surface area contributed by atoms with E-state index in [1.165, 1.54) is 0 Å². The monoisotopic (exact) mass is 254 g/mol. The molecule has 3 N–H and O–H groups in total. The van der Waals surface area contributed by atoms with Crippen LogP contribution in [0, 0.1) is 5.41 Å². The van der Waals surface area contributed by atoms with Gasteiger partial charge in [-0.2, -0.15) is 0 Å². The minimum atomic E-state index is -0.683. The Morgan fingerprint density at radius 2 is 1.76 bits per heavy atom. The molecule has 2 aromatic rings. The average molecular weight is 255 g/mol. The first kappa shape index (κ1) is 12.2. The van der Waals surface area contributed by atoms with Crippen molar-refractivity contribution in [1.82, 2.24) is 9.97 Å². The third-order valence-corrected chi connectivity index (χ3v) is 3.08. The summed E-state index contributed by atoms with van der Waals surface area (Å²) in [5.41, 5.74) is 1.33. The highest BCUT2D eigenvalue weighted by molar-refractivity contribution is 6.32. The third kappa shape index (κ3) is 2.23. The maximum absolute atomic E-state index is 11.2. The number of fused-ring (bicyclic) bond motifs is 1. The lowest BCUT2D eigenvalue weighted by atomic mass is 9.85. The maximum Gasteiger partial charge on any atom is 0.323 e. The number of hydrogen-bond acceptors (Lipinski definition) is 2. The van der Waals surface area contributed by atoms with Gasteiger partial charge in [0.2, 0.25) is 0 Å². The standard InChI is InChI=1S/C12H15ClN2O2/c1-12(2,3)10(16)6-4-8-9(5-7(6)13)15-11(17)14-8/h4-5,10,16H,1-3H3,(H2,14,15,17). The molecule has 0 fully saturated rings. The summed E-state index contributed by atoms with van der Waals surface area (Å²) in [7, 11) is 0. The molecule has 0 bridgehead atoms. The zero-order valence-corrected chi connectivity index (χ0v) is 10.7. The Balaban J connectivity index is 2.61. The van der Waals surface area contributed by atoms with Crippen molar-refractivity contribution in [2.24, 2.45) is 5.41 Å². The van der Waals surface area contributed by atoms with Crippen molar-refractivity contribution in [3.63, 3.8) is 0 Å². The predicted molar refractivity (Wildman–Crippen MR) is 68.3 cm³/mol. The lowest BCUT2D eigenvalue weighted by Crippen LogP contribution is -2.18. The zero-order chi connectivity index (χ0) is 12.8. The number of benzene rings is 1. The molecule has 1 aromatic carbocycles. The van der Waals surface area contributed by atoms with Crippen molar-refractivity contribution in [1.29, 1.82) is 0 Å². The summed E-state index contributed by atoms with van der Waals surface area (Å²) in [6.07, 6.45) is -0.683. The number of halogens is 1. The molecule has 0 amide bonds. The normalized spacial score (nSPS) is 14.2. The molecule has 1 atom stereocenters. The second-order valence-electron chi connectivity index (χ2n) is 5.27. The summed E-state index contributed by atoms with van der Waals surface area (Å²) in [5.74, 6) is 0. The van der Waals surface area contributed by atoms with Crippen molar-refractivity contribution >= 4 is 22.6 Å². The van der Waals surface area contributed by atoms with Crippen molar-refractivity contribution in [3.8, 4) is 0 Å². The number of hydrogen-bond donors (Lipinski definition) is 3. The Morgan fingerprint density at radius 3 is 2.29 bits per heavy atom. The minimum Gasteiger partial charge on any atom is -0.388 e. The lowest BCUT2D eigenvalue weighted by Gasteiger charge is -2.26. The molecule has 0 radical (unpaired) electrons. The van der Waals surface area contributed by atoms with Gasteiger partial charge in [0.1, 0.15) is 0 Å². The molecule has 1 heterocycles. The Bertz CT molecular complexity index is 607. The van der Waals surface area contributed by atoms with Gasteiger partial charge >= 0.3 is 5.69 Å². The predicted octanol–water partition coefficient (Wildman–Crippen LogP) is 2.59. The Morgan fingerprint density at radius 1 is 1.24 bits per heavy atom. The Hall–Kier alpha value is -1.26. The summed E-state index contributed by atoms with van der Waals surface area (Å²) in [4.78, 5) is 16.4. The number of aliphatic hydroxyl groups is 1. The molecule has 92 valence electrons. The number of H-pyrrole nitrogens is 2. The fourth-order valence-corrected chi connectivity index (χ4v) is 2.02. The zero-order valence-electron chi connectivity index (χ0n) is 9.97. The van der Waals surface area contributed by atoms with Gasteiger partial charge in [0.05, 0.1) is 17.1 Å². The molecule has 0 saturated heterocycles.